The second-order valence-corrected chi connectivity index (χ2v) is 2.71. The van der Waals surface area contributed by atoms with E-state index < -0.39 is 0 Å². The van der Waals surface area contributed by atoms with Gasteiger partial charge in [0.2, 0.25) is 0 Å². The number of rotatable bonds is 6. The first-order valence-corrected chi connectivity index (χ1v) is 4.64. The average Bonchev–Trinajstić information content (AvgIpc) is 2.25. The smallest absolute Gasteiger partial charge is 0.119 e. The number of benzene rings is 1. The zero-order chi connectivity index (χ0) is 10.2. The molecule has 1 aromatic rings. The van der Waals surface area contributed by atoms with Crippen molar-refractivity contribution in [3.05, 3.63) is 24.3 Å². The number of anilines is 1. The topological polar surface area (TPSA) is 56.5 Å². The van der Waals surface area contributed by atoms with Crippen molar-refractivity contribution in [3.8, 4) is 5.75 Å². The third-order valence-electron chi connectivity index (χ3n) is 1.72. The van der Waals surface area contributed by atoms with Crippen molar-refractivity contribution in [2.24, 2.45) is 5.84 Å². The van der Waals surface area contributed by atoms with E-state index in [4.69, 9.17) is 15.3 Å². The monoisotopic (exact) mass is 196 g/mol. The van der Waals surface area contributed by atoms with Crippen LogP contribution >= 0.6 is 0 Å². The van der Waals surface area contributed by atoms with Crippen LogP contribution in [0.25, 0.3) is 0 Å². The summed E-state index contributed by atoms with van der Waals surface area (Å²) < 4.78 is 10.6. The Morgan fingerprint density at radius 2 is 1.93 bits per heavy atom. The third kappa shape index (κ3) is 3.64. The van der Waals surface area contributed by atoms with Crippen molar-refractivity contribution < 1.29 is 9.47 Å². The van der Waals surface area contributed by atoms with Crippen molar-refractivity contribution in [2.45, 2.75) is 6.92 Å². The number of hydrogen-bond donors (Lipinski definition) is 2. The summed E-state index contributed by atoms with van der Waals surface area (Å²) in [6.07, 6.45) is 0. The van der Waals surface area contributed by atoms with E-state index in [1.54, 1.807) is 0 Å². The van der Waals surface area contributed by atoms with Crippen molar-refractivity contribution in [1.82, 2.24) is 0 Å². The van der Waals surface area contributed by atoms with Gasteiger partial charge < -0.3 is 14.9 Å². The minimum atomic E-state index is 0.573. The van der Waals surface area contributed by atoms with Gasteiger partial charge in [-0.2, -0.15) is 0 Å². The first kappa shape index (κ1) is 10.8. The van der Waals surface area contributed by atoms with Crippen LogP contribution in [0.4, 0.5) is 5.69 Å². The summed E-state index contributed by atoms with van der Waals surface area (Å²) in [6.45, 7) is 3.87. The summed E-state index contributed by atoms with van der Waals surface area (Å²) >= 11 is 0. The minimum absolute atomic E-state index is 0.573. The van der Waals surface area contributed by atoms with Crippen molar-refractivity contribution in [3.63, 3.8) is 0 Å². The van der Waals surface area contributed by atoms with E-state index in [-0.39, 0.29) is 0 Å². The second-order valence-electron chi connectivity index (χ2n) is 2.71. The lowest BCUT2D eigenvalue weighted by Crippen LogP contribution is -2.07. The molecule has 0 aromatic heterocycles. The second kappa shape index (κ2) is 6.23. The lowest BCUT2D eigenvalue weighted by molar-refractivity contribution is 0.110. The molecule has 14 heavy (non-hydrogen) atoms. The largest absolute Gasteiger partial charge is 0.491 e. The van der Waals surface area contributed by atoms with Crippen LogP contribution in [0.1, 0.15) is 6.92 Å². The Labute approximate surface area is 84.0 Å². The van der Waals surface area contributed by atoms with Crippen LogP contribution < -0.4 is 16.0 Å². The summed E-state index contributed by atoms with van der Waals surface area (Å²) in [5.74, 6) is 6.05. The molecule has 4 heteroatoms. The number of ether oxygens (including phenoxy) is 2. The average molecular weight is 196 g/mol. The Hall–Kier alpha value is -1.26. The van der Waals surface area contributed by atoms with Gasteiger partial charge in [0.25, 0.3) is 0 Å². The number of hydrazine groups is 1. The van der Waals surface area contributed by atoms with Crippen LogP contribution in [-0.2, 0) is 4.74 Å². The molecule has 3 N–H and O–H groups in total. The highest BCUT2D eigenvalue weighted by Crippen LogP contribution is 2.14. The van der Waals surface area contributed by atoms with Gasteiger partial charge in [0.15, 0.2) is 0 Å². The zero-order valence-corrected chi connectivity index (χ0v) is 8.32. The van der Waals surface area contributed by atoms with Crippen molar-refractivity contribution >= 4 is 5.69 Å². The molecule has 78 valence electrons. The predicted octanol–water partition coefficient (Wildman–Crippen LogP) is 1.39. The van der Waals surface area contributed by atoms with E-state index in [1.807, 2.05) is 31.2 Å². The van der Waals surface area contributed by atoms with Crippen LogP contribution in [-0.4, -0.2) is 19.8 Å². The van der Waals surface area contributed by atoms with Gasteiger partial charge in [0.05, 0.1) is 6.61 Å². The van der Waals surface area contributed by atoms with E-state index in [0.717, 1.165) is 18.0 Å². The first-order chi connectivity index (χ1) is 6.86. The van der Waals surface area contributed by atoms with Gasteiger partial charge in [-0.15, -0.1) is 0 Å². The minimum Gasteiger partial charge on any atom is -0.491 e. The highest BCUT2D eigenvalue weighted by molar-refractivity contribution is 5.44. The Morgan fingerprint density at radius 3 is 2.50 bits per heavy atom. The summed E-state index contributed by atoms with van der Waals surface area (Å²) in [5, 5.41) is 0. The van der Waals surface area contributed by atoms with E-state index >= 15 is 0 Å². The van der Waals surface area contributed by atoms with Crippen LogP contribution in [0.3, 0.4) is 0 Å². The van der Waals surface area contributed by atoms with Crippen LogP contribution in [0.15, 0.2) is 24.3 Å². The molecule has 0 saturated heterocycles. The van der Waals surface area contributed by atoms with Crippen LogP contribution in [0.2, 0.25) is 0 Å². The van der Waals surface area contributed by atoms with Gasteiger partial charge in [-0.3, -0.25) is 5.84 Å². The molecular formula is C10H16N2O2. The van der Waals surface area contributed by atoms with Gasteiger partial charge in [0.1, 0.15) is 12.4 Å². The fourth-order valence-corrected chi connectivity index (χ4v) is 1.01. The fourth-order valence-electron chi connectivity index (χ4n) is 1.01. The molecule has 0 unspecified atom stereocenters. The molecule has 0 aliphatic carbocycles. The molecule has 1 rings (SSSR count). The van der Waals surface area contributed by atoms with Gasteiger partial charge in [0, 0.05) is 12.3 Å². The fraction of sp³-hybridized carbons (Fsp3) is 0.400. The SMILES string of the molecule is CCOCCOc1ccc(NN)cc1. The summed E-state index contributed by atoms with van der Waals surface area (Å²) in [6, 6.07) is 7.44. The third-order valence-corrected chi connectivity index (χ3v) is 1.72. The maximum absolute atomic E-state index is 5.41. The van der Waals surface area contributed by atoms with Crippen LogP contribution in [0.5, 0.6) is 5.75 Å². The number of nitrogens with two attached hydrogens (primary N) is 1. The highest BCUT2D eigenvalue weighted by atomic mass is 16.5. The Kier molecular flexibility index (Phi) is 4.82. The molecule has 0 fully saturated rings. The number of nitrogen functional groups attached to an aromatic ring is 1. The lowest BCUT2D eigenvalue weighted by Gasteiger charge is -2.06. The molecule has 0 radical (unpaired) electrons. The number of nitrogens with one attached hydrogen (secondary N) is 1. The maximum atomic E-state index is 5.41. The molecule has 0 bridgehead atoms. The van der Waals surface area contributed by atoms with E-state index in [0.29, 0.717) is 13.2 Å². The summed E-state index contributed by atoms with van der Waals surface area (Å²) in [4.78, 5) is 0. The van der Waals surface area contributed by atoms with Crippen LogP contribution in [0, 0.1) is 0 Å². The van der Waals surface area contributed by atoms with E-state index in [2.05, 4.69) is 5.43 Å². The number of hydrogen-bond acceptors (Lipinski definition) is 4. The van der Waals surface area contributed by atoms with Crippen molar-refractivity contribution in [2.75, 3.05) is 25.2 Å². The molecule has 1 aromatic carbocycles. The van der Waals surface area contributed by atoms with Crippen molar-refractivity contribution in [1.29, 1.82) is 0 Å². The molecule has 0 aliphatic heterocycles. The molecule has 0 aliphatic rings. The predicted molar refractivity (Wildman–Crippen MR) is 56.2 cm³/mol. The van der Waals surface area contributed by atoms with E-state index in [1.165, 1.54) is 0 Å². The van der Waals surface area contributed by atoms with E-state index in [9.17, 15) is 0 Å². The Bertz CT molecular complexity index is 249. The molecular weight excluding hydrogens is 180 g/mol. The standard InChI is InChI=1S/C10H16N2O2/c1-2-13-7-8-14-10-5-3-9(12-11)4-6-10/h3-6,12H,2,7-8,11H2,1H3. The molecule has 4 nitrogen and oxygen atoms in total. The molecule has 0 amide bonds. The Morgan fingerprint density at radius 1 is 1.21 bits per heavy atom. The zero-order valence-electron chi connectivity index (χ0n) is 8.32. The normalized spacial score (nSPS) is 9.86. The summed E-state index contributed by atoms with van der Waals surface area (Å²) in [7, 11) is 0. The molecule has 0 saturated carbocycles. The maximum Gasteiger partial charge on any atom is 0.119 e. The van der Waals surface area contributed by atoms with Gasteiger partial charge in [-0.1, -0.05) is 0 Å². The summed E-state index contributed by atoms with van der Waals surface area (Å²) in [5.41, 5.74) is 3.41. The van der Waals surface area contributed by atoms with Gasteiger partial charge >= 0.3 is 0 Å². The molecule has 0 atom stereocenters. The molecule has 0 heterocycles. The first-order valence-electron chi connectivity index (χ1n) is 4.64. The van der Waals surface area contributed by atoms with Gasteiger partial charge in [-0.25, -0.2) is 0 Å². The lowest BCUT2D eigenvalue weighted by atomic mass is 10.3. The highest BCUT2D eigenvalue weighted by Gasteiger charge is 1.93. The quantitative estimate of drug-likeness (QED) is 0.410. The molecule has 0 spiro atoms. The van der Waals surface area contributed by atoms with Gasteiger partial charge in [-0.05, 0) is 31.2 Å². The Balaban J connectivity index is 2.29.